The molecule has 0 N–H and O–H groups in total. The minimum absolute atomic E-state index is 0.0527. The first-order valence-electron chi connectivity index (χ1n) is 7.99. The van der Waals surface area contributed by atoms with Gasteiger partial charge in [-0.3, -0.25) is 4.79 Å². The molecule has 0 bridgehead atoms. The highest BCUT2D eigenvalue weighted by atomic mass is 32.2. The molecule has 0 unspecified atom stereocenters. The number of carbonyl (C=O) groups is 2. The van der Waals surface area contributed by atoms with Crippen LogP contribution in [-0.2, 0) is 19.4 Å². The molecular weight excluding hydrogens is 344 g/mol. The first kappa shape index (κ1) is 18.9. The maximum atomic E-state index is 12.6. The Morgan fingerprint density at radius 1 is 1.36 bits per heavy atom. The predicted octanol–water partition coefficient (Wildman–Crippen LogP) is 1.14. The normalized spacial score (nSPS) is 19.6. The van der Waals surface area contributed by atoms with Crippen LogP contribution < -0.4 is 0 Å². The van der Waals surface area contributed by atoms with E-state index < -0.39 is 27.8 Å². The van der Waals surface area contributed by atoms with Crippen LogP contribution in [0.15, 0.2) is 24.3 Å². The lowest BCUT2D eigenvalue weighted by atomic mass is 10.1. The van der Waals surface area contributed by atoms with Crippen molar-refractivity contribution in [3.05, 3.63) is 35.4 Å². The number of sulfone groups is 1. The quantitative estimate of drug-likeness (QED) is 0.726. The Morgan fingerprint density at radius 3 is 2.48 bits per heavy atom. The third kappa shape index (κ3) is 4.57. The van der Waals surface area contributed by atoms with Crippen molar-refractivity contribution in [2.24, 2.45) is 0 Å². The molecule has 2 atom stereocenters. The second kappa shape index (κ2) is 7.66. The highest BCUT2D eigenvalue weighted by Crippen LogP contribution is 2.19. The molecule has 1 fully saturated rings. The van der Waals surface area contributed by atoms with Crippen LogP contribution in [0.4, 0.5) is 0 Å². The van der Waals surface area contributed by atoms with Crippen LogP contribution in [-0.4, -0.2) is 55.4 Å². The Kier molecular flexibility index (Phi) is 5.80. The molecule has 1 aromatic carbocycles. The monoisotopic (exact) mass is 364 g/mol. The van der Waals surface area contributed by atoms with E-state index in [0.717, 1.165) is 0 Å². The molecule has 0 aliphatic carbocycles. The van der Waals surface area contributed by atoms with Gasteiger partial charge in [-0.25, -0.2) is 13.2 Å². The van der Waals surface area contributed by atoms with Crippen LogP contribution in [0.2, 0.25) is 0 Å². The van der Waals surface area contributed by atoms with Gasteiger partial charge < -0.3 is 9.64 Å². The van der Waals surface area contributed by atoms with Crippen LogP contribution in [0.3, 0.4) is 0 Å². The second-order valence-electron chi connectivity index (χ2n) is 5.92. The third-order valence-corrected chi connectivity index (χ3v) is 5.90. The van der Waals surface area contributed by atoms with Crippen LogP contribution in [0.1, 0.15) is 36.2 Å². The van der Waals surface area contributed by atoms with Crippen molar-refractivity contribution in [3.8, 4) is 6.07 Å². The van der Waals surface area contributed by atoms with E-state index in [1.165, 1.54) is 36.1 Å². The number of hydrogen-bond acceptors (Lipinski definition) is 6. The van der Waals surface area contributed by atoms with Gasteiger partial charge in [-0.1, -0.05) is 0 Å². The van der Waals surface area contributed by atoms with E-state index >= 15 is 0 Å². The Balaban J connectivity index is 2.02. The van der Waals surface area contributed by atoms with E-state index in [1.54, 1.807) is 6.92 Å². The lowest BCUT2D eigenvalue weighted by Gasteiger charge is -2.29. The van der Waals surface area contributed by atoms with Gasteiger partial charge in [0.2, 0.25) is 0 Å². The van der Waals surface area contributed by atoms with Crippen molar-refractivity contribution in [1.82, 2.24) is 4.90 Å². The van der Waals surface area contributed by atoms with Gasteiger partial charge >= 0.3 is 5.97 Å². The predicted molar refractivity (Wildman–Crippen MR) is 90.5 cm³/mol. The summed E-state index contributed by atoms with van der Waals surface area (Å²) in [6, 6.07) is 7.47. The summed E-state index contributed by atoms with van der Waals surface area (Å²) in [7, 11) is -3.11. The van der Waals surface area contributed by atoms with Gasteiger partial charge in [-0.15, -0.1) is 0 Å². The number of nitrogens with zero attached hydrogens (tertiary/aromatic N) is 2. The molecule has 1 aromatic rings. The molecule has 0 radical (unpaired) electrons. The molecule has 1 amide bonds. The van der Waals surface area contributed by atoms with Crippen molar-refractivity contribution in [3.63, 3.8) is 0 Å². The Bertz CT molecular complexity index is 795. The fraction of sp³-hybridized carbons (Fsp3) is 0.471. The number of likely N-dealkylation sites (N-methyl/N-ethyl adjacent to an activating group) is 1. The van der Waals surface area contributed by atoms with Gasteiger partial charge in [-0.05, 0) is 44.5 Å². The average Bonchev–Trinajstić information content (AvgIpc) is 2.95. The van der Waals surface area contributed by atoms with Crippen molar-refractivity contribution >= 4 is 21.7 Å². The first-order valence-corrected chi connectivity index (χ1v) is 9.81. The van der Waals surface area contributed by atoms with Crippen LogP contribution >= 0.6 is 0 Å². The summed E-state index contributed by atoms with van der Waals surface area (Å²) in [5.74, 6) is -1.06. The maximum Gasteiger partial charge on any atom is 0.338 e. The molecule has 1 saturated heterocycles. The van der Waals surface area contributed by atoms with Crippen molar-refractivity contribution < 1.29 is 22.7 Å². The molecule has 0 spiro atoms. The molecule has 0 saturated carbocycles. The molecule has 1 aliphatic rings. The fourth-order valence-corrected chi connectivity index (χ4v) is 4.54. The van der Waals surface area contributed by atoms with Gasteiger partial charge in [-0.2, -0.15) is 5.26 Å². The topological polar surface area (TPSA) is 105 Å². The molecule has 25 heavy (non-hydrogen) atoms. The molecule has 8 heteroatoms. The Morgan fingerprint density at radius 2 is 2.00 bits per heavy atom. The summed E-state index contributed by atoms with van der Waals surface area (Å²) < 4.78 is 28.4. The average molecular weight is 364 g/mol. The largest absolute Gasteiger partial charge is 0.449 e. The number of amides is 1. The molecule has 0 aromatic heterocycles. The smallest absolute Gasteiger partial charge is 0.338 e. The first-order chi connectivity index (χ1) is 11.8. The van der Waals surface area contributed by atoms with Crippen molar-refractivity contribution in [2.45, 2.75) is 32.4 Å². The van der Waals surface area contributed by atoms with Gasteiger partial charge in [0.1, 0.15) is 0 Å². The number of nitriles is 1. The van der Waals surface area contributed by atoms with E-state index in [4.69, 9.17) is 10.00 Å². The lowest BCUT2D eigenvalue weighted by Crippen LogP contribution is -2.46. The standard InChI is InChI=1S/C17H20N2O5S/c1-3-19(15-8-9-25(22,23)11-15)16(20)12(2)24-17(21)14-6-4-13(10-18)5-7-14/h4-7,12,15H,3,8-9,11H2,1-2H3/t12-,15+/m1/s1. The molecule has 1 heterocycles. The summed E-state index contributed by atoms with van der Waals surface area (Å²) in [5, 5.41) is 8.76. The van der Waals surface area contributed by atoms with E-state index in [-0.39, 0.29) is 23.1 Å². The van der Waals surface area contributed by atoms with E-state index in [2.05, 4.69) is 0 Å². The number of rotatable bonds is 5. The fourth-order valence-electron chi connectivity index (χ4n) is 2.81. The molecule has 7 nitrogen and oxygen atoms in total. The zero-order valence-electron chi connectivity index (χ0n) is 14.1. The van der Waals surface area contributed by atoms with E-state index in [1.807, 2.05) is 6.07 Å². The van der Waals surface area contributed by atoms with Gasteiger partial charge in [0, 0.05) is 12.6 Å². The summed E-state index contributed by atoms with van der Waals surface area (Å²) in [6.07, 6.45) is -0.621. The van der Waals surface area contributed by atoms with Crippen LogP contribution in [0, 0.1) is 11.3 Å². The number of esters is 1. The van der Waals surface area contributed by atoms with Gasteiger partial charge in [0.05, 0.1) is 28.7 Å². The summed E-state index contributed by atoms with van der Waals surface area (Å²) in [4.78, 5) is 26.1. The summed E-state index contributed by atoms with van der Waals surface area (Å²) >= 11 is 0. The van der Waals surface area contributed by atoms with Crippen molar-refractivity contribution in [2.75, 3.05) is 18.1 Å². The SMILES string of the molecule is CCN(C(=O)[C@@H](C)OC(=O)c1ccc(C#N)cc1)[C@H]1CCS(=O)(=O)C1. The summed E-state index contributed by atoms with van der Waals surface area (Å²) in [6.45, 7) is 3.58. The maximum absolute atomic E-state index is 12.6. The number of carbonyl (C=O) groups excluding carboxylic acids is 2. The number of benzene rings is 1. The molecular formula is C17H20N2O5S. The molecule has 1 aliphatic heterocycles. The van der Waals surface area contributed by atoms with E-state index in [0.29, 0.717) is 18.5 Å². The Labute approximate surface area is 147 Å². The summed E-state index contributed by atoms with van der Waals surface area (Å²) in [5.41, 5.74) is 0.658. The zero-order chi connectivity index (χ0) is 18.6. The lowest BCUT2D eigenvalue weighted by molar-refractivity contribution is -0.141. The van der Waals surface area contributed by atoms with Gasteiger partial charge in [0.25, 0.3) is 5.91 Å². The van der Waals surface area contributed by atoms with Crippen LogP contribution in [0.5, 0.6) is 0 Å². The number of hydrogen-bond donors (Lipinski definition) is 0. The zero-order valence-corrected chi connectivity index (χ0v) is 15.0. The molecule has 2 rings (SSSR count). The number of ether oxygens (including phenoxy) is 1. The van der Waals surface area contributed by atoms with E-state index in [9.17, 15) is 18.0 Å². The highest BCUT2D eigenvalue weighted by Gasteiger charge is 2.36. The third-order valence-electron chi connectivity index (χ3n) is 4.15. The Hall–Kier alpha value is -2.40. The highest BCUT2D eigenvalue weighted by molar-refractivity contribution is 7.91. The van der Waals surface area contributed by atoms with Crippen LogP contribution in [0.25, 0.3) is 0 Å². The van der Waals surface area contributed by atoms with Gasteiger partial charge in [0.15, 0.2) is 15.9 Å². The minimum Gasteiger partial charge on any atom is -0.449 e. The van der Waals surface area contributed by atoms with Crippen molar-refractivity contribution in [1.29, 1.82) is 5.26 Å². The molecule has 134 valence electrons. The minimum atomic E-state index is -3.11. The second-order valence-corrected chi connectivity index (χ2v) is 8.15.